The summed E-state index contributed by atoms with van der Waals surface area (Å²) >= 11 is 0. The molecule has 5 rings (SSSR count). The molecule has 39 heavy (non-hydrogen) atoms. The molecule has 1 spiro atoms. The van der Waals surface area contributed by atoms with Crippen molar-refractivity contribution in [3.05, 3.63) is 83.4 Å². The van der Waals surface area contributed by atoms with Crippen molar-refractivity contribution in [3.8, 4) is 16.9 Å². The van der Waals surface area contributed by atoms with E-state index in [1.807, 2.05) is 19.1 Å². The zero-order chi connectivity index (χ0) is 26.9. The molecule has 5 N–H and O–H groups in total. The molecule has 2 saturated heterocycles. The second kappa shape index (κ2) is 11.5. The molecule has 1 amide bonds. The van der Waals surface area contributed by atoms with Crippen LogP contribution in [0.15, 0.2) is 60.7 Å². The van der Waals surface area contributed by atoms with Gasteiger partial charge in [0.2, 0.25) is 5.91 Å². The Morgan fingerprint density at radius 1 is 1.03 bits per heavy atom. The number of quaternary nitrogens is 1. The molecule has 0 atom stereocenters. The predicted molar refractivity (Wildman–Crippen MR) is 146 cm³/mol. The number of aromatic carboxylic acids is 1. The molecule has 0 saturated carbocycles. The molecule has 206 valence electrons. The molecular formula is C30H34F2N3O4+. The summed E-state index contributed by atoms with van der Waals surface area (Å²) in [6.45, 7) is 5.28. The maximum atomic E-state index is 14.5. The number of carboxylic acids is 1. The number of halogens is 2. The monoisotopic (exact) mass is 538 g/mol. The third-order valence-corrected chi connectivity index (χ3v) is 7.59. The van der Waals surface area contributed by atoms with Crippen LogP contribution < -0.4 is 15.8 Å². The minimum absolute atomic E-state index is 0. The van der Waals surface area contributed by atoms with Crippen LogP contribution in [0.2, 0.25) is 0 Å². The van der Waals surface area contributed by atoms with E-state index in [0.29, 0.717) is 43.0 Å². The SMILES string of the molecule is CCOc1cc(CN2CCC3(CC2)CC(=O)N(c2ccc(C(=O)O)cc2)C3)cc(-c2ccc(F)cc2F)c1.[NH4+]. The average molecular weight is 539 g/mol. The molecule has 0 unspecified atom stereocenters. The smallest absolute Gasteiger partial charge is 0.335 e. The second-order valence-electron chi connectivity index (χ2n) is 10.2. The van der Waals surface area contributed by atoms with Crippen LogP contribution >= 0.6 is 0 Å². The first-order chi connectivity index (χ1) is 18.2. The Labute approximate surface area is 226 Å². The summed E-state index contributed by atoms with van der Waals surface area (Å²) in [5.41, 5.74) is 2.77. The van der Waals surface area contributed by atoms with Crippen molar-refractivity contribution in [3.63, 3.8) is 0 Å². The van der Waals surface area contributed by atoms with E-state index in [1.54, 1.807) is 23.1 Å². The first-order valence-corrected chi connectivity index (χ1v) is 12.8. The Bertz CT molecular complexity index is 1350. The predicted octanol–water partition coefficient (Wildman–Crippen LogP) is 6.12. The number of benzene rings is 3. The number of piperidine rings is 1. The van der Waals surface area contributed by atoms with Gasteiger partial charge in [0.25, 0.3) is 0 Å². The Morgan fingerprint density at radius 2 is 1.74 bits per heavy atom. The van der Waals surface area contributed by atoms with E-state index in [1.165, 1.54) is 24.3 Å². The van der Waals surface area contributed by atoms with Crippen LogP contribution in [0, 0.1) is 17.0 Å². The topological polar surface area (TPSA) is 107 Å². The Hall–Kier alpha value is -3.82. The number of rotatable bonds is 7. The average Bonchev–Trinajstić information content (AvgIpc) is 3.21. The number of carboxylic acid groups (broad SMARTS) is 1. The molecule has 2 aliphatic rings. The quantitative estimate of drug-likeness (QED) is 0.377. The molecule has 2 fully saturated rings. The fraction of sp³-hybridized carbons (Fsp3) is 0.333. The highest BCUT2D eigenvalue weighted by Gasteiger charge is 2.45. The van der Waals surface area contributed by atoms with Gasteiger partial charge in [0, 0.05) is 36.8 Å². The summed E-state index contributed by atoms with van der Waals surface area (Å²) in [5.74, 6) is -1.51. The molecule has 0 aromatic heterocycles. The summed E-state index contributed by atoms with van der Waals surface area (Å²) in [6.07, 6.45) is 2.22. The molecule has 0 bridgehead atoms. The van der Waals surface area contributed by atoms with Crippen LogP contribution in [0.4, 0.5) is 14.5 Å². The Kier molecular flexibility index (Phi) is 8.32. The number of anilines is 1. The zero-order valence-electron chi connectivity index (χ0n) is 22.3. The lowest BCUT2D eigenvalue weighted by atomic mass is 9.77. The highest BCUT2D eigenvalue weighted by molar-refractivity contribution is 5.97. The maximum absolute atomic E-state index is 14.5. The molecule has 3 aromatic rings. The summed E-state index contributed by atoms with van der Waals surface area (Å²) < 4.78 is 33.7. The number of carbonyl (C=O) groups excluding carboxylic acids is 1. The third-order valence-electron chi connectivity index (χ3n) is 7.59. The molecule has 0 aliphatic carbocycles. The first kappa shape index (κ1) is 28.2. The summed E-state index contributed by atoms with van der Waals surface area (Å²) in [7, 11) is 0. The number of ether oxygens (including phenoxy) is 1. The van der Waals surface area contributed by atoms with Crippen molar-refractivity contribution in [1.29, 1.82) is 0 Å². The molecular weight excluding hydrogens is 504 g/mol. The summed E-state index contributed by atoms with van der Waals surface area (Å²) in [6, 6.07) is 15.7. The standard InChI is InChI=1S/C30H30F2N2O4.H3N/c1-2-38-25-14-20(13-22(15-25)26-8-5-23(31)16-27(26)32)18-33-11-9-30(10-12-33)17-28(35)34(19-30)24-6-3-21(4-7-24)29(36)37;/h3-8,13-16H,2,9-12,17-19H2,1H3,(H,36,37);1H3/p+1. The minimum Gasteiger partial charge on any atom is -0.494 e. The largest absolute Gasteiger partial charge is 0.494 e. The molecule has 7 nitrogen and oxygen atoms in total. The Balaban J connectivity index is 0.00000353. The van der Waals surface area contributed by atoms with E-state index in [2.05, 4.69) is 4.90 Å². The lowest BCUT2D eigenvalue weighted by Gasteiger charge is -2.39. The number of carbonyl (C=O) groups is 2. The van der Waals surface area contributed by atoms with Crippen molar-refractivity contribution >= 4 is 17.6 Å². The maximum Gasteiger partial charge on any atom is 0.335 e. The first-order valence-electron chi connectivity index (χ1n) is 12.8. The van der Waals surface area contributed by atoms with Gasteiger partial charge in [-0.3, -0.25) is 9.69 Å². The number of amides is 1. The van der Waals surface area contributed by atoms with Crippen LogP contribution in [0.25, 0.3) is 11.1 Å². The number of nitrogens with zero attached hydrogens (tertiary/aromatic N) is 2. The van der Waals surface area contributed by atoms with Gasteiger partial charge in [0.1, 0.15) is 17.4 Å². The highest BCUT2D eigenvalue weighted by atomic mass is 19.1. The molecule has 2 heterocycles. The van der Waals surface area contributed by atoms with Gasteiger partial charge in [0.05, 0.1) is 12.2 Å². The van der Waals surface area contributed by atoms with E-state index in [-0.39, 0.29) is 23.0 Å². The van der Waals surface area contributed by atoms with Crippen LogP contribution in [0.3, 0.4) is 0 Å². The van der Waals surface area contributed by atoms with Crippen LogP contribution in [-0.4, -0.2) is 48.1 Å². The fourth-order valence-corrected chi connectivity index (χ4v) is 5.57. The number of likely N-dealkylation sites (tertiary alicyclic amines) is 1. The van der Waals surface area contributed by atoms with Crippen molar-refractivity contribution in [1.82, 2.24) is 11.1 Å². The van der Waals surface area contributed by atoms with Gasteiger partial charge in [-0.2, -0.15) is 0 Å². The molecule has 2 aliphatic heterocycles. The van der Waals surface area contributed by atoms with Crippen molar-refractivity contribution in [2.24, 2.45) is 5.41 Å². The lowest BCUT2D eigenvalue weighted by Crippen LogP contribution is -2.41. The van der Waals surface area contributed by atoms with Gasteiger partial charge in [-0.25, -0.2) is 13.6 Å². The lowest BCUT2D eigenvalue weighted by molar-refractivity contribution is -0.118. The van der Waals surface area contributed by atoms with Crippen molar-refractivity contribution in [2.45, 2.75) is 32.7 Å². The normalized spacial score (nSPS) is 16.8. The number of hydrogen-bond acceptors (Lipinski definition) is 4. The van der Waals surface area contributed by atoms with Crippen molar-refractivity contribution < 1.29 is 28.2 Å². The summed E-state index contributed by atoms with van der Waals surface area (Å²) in [4.78, 5) is 28.1. The zero-order valence-corrected chi connectivity index (χ0v) is 22.3. The Morgan fingerprint density at radius 3 is 2.38 bits per heavy atom. The van der Waals surface area contributed by atoms with Crippen LogP contribution in [0.1, 0.15) is 42.1 Å². The van der Waals surface area contributed by atoms with Crippen LogP contribution in [-0.2, 0) is 11.3 Å². The van der Waals surface area contributed by atoms with Gasteiger partial charge in [-0.15, -0.1) is 0 Å². The van der Waals surface area contributed by atoms with Gasteiger partial charge < -0.3 is 20.9 Å². The van der Waals surface area contributed by atoms with Gasteiger partial charge in [-0.05, 0) is 104 Å². The van der Waals surface area contributed by atoms with Crippen molar-refractivity contribution in [2.75, 3.05) is 31.1 Å². The highest BCUT2D eigenvalue weighted by Crippen LogP contribution is 2.43. The van der Waals surface area contributed by atoms with Gasteiger partial charge in [-0.1, -0.05) is 0 Å². The van der Waals surface area contributed by atoms with Gasteiger partial charge >= 0.3 is 5.97 Å². The summed E-state index contributed by atoms with van der Waals surface area (Å²) in [5, 5.41) is 9.14. The van der Waals surface area contributed by atoms with E-state index in [4.69, 9.17) is 9.84 Å². The third kappa shape index (κ3) is 6.10. The van der Waals surface area contributed by atoms with E-state index in [0.717, 1.165) is 43.2 Å². The molecule has 0 radical (unpaired) electrons. The fourth-order valence-electron chi connectivity index (χ4n) is 5.57. The number of hydrogen-bond donors (Lipinski definition) is 2. The molecule has 3 aromatic carbocycles. The van der Waals surface area contributed by atoms with Gasteiger partial charge in [0.15, 0.2) is 0 Å². The van der Waals surface area contributed by atoms with E-state index < -0.39 is 17.6 Å². The van der Waals surface area contributed by atoms with E-state index in [9.17, 15) is 18.4 Å². The molecule has 9 heteroatoms. The van der Waals surface area contributed by atoms with Crippen LogP contribution in [0.5, 0.6) is 5.75 Å². The van der Waals surface area contributed by atoms with E-state index >= 15 is 0 Å². The second-order valence-corrected chi connectivity index (χ2v) is 10.2. The minimum atomic E-state index is -0.991.